The highest BCUT2D eigenvalue weighted by molar-refractivity contribution is 5.87. The molecule has 0 spiro atoms. The number of amides is 2. The van der Waals surface area contributed by atoms with Gasteiger partial charge in [0.15, 0.2) is 0 Å². The molecule has 1 fully saturated rings. The Bertz CT molecular complexity index is 843. The summed E-state index contributed by atoms with van der Waals surface area (Å²) < 4.78 is 5.61. The molecule has 30 heavy (non-hydrogen) atoms. The van der Waals surface area contributed by atoms with Crippen molar-refractivity contribution in [3.63, 3.8) is 0 Å². The fourth-order valence-corrected chi connectivity index (χ4v) is 3.53. The van der Waals surface area contributed by atoms with E-state index in [4.69, 9.17) is 10.5 Å². The maximum absolute atomic E-state index is 12.8. The Hall–Kier alpha value is -3.06. The van der Waals surface area contributed by atoms with E-state index in [2.05, 4.69) is 5.32 Å². The smallest absolute Gasteiger partial charge is 0.242 e. The van der Waals surface area contributed by atoms with Gasteiger partial charge < -0.3 is 25.6 Å². The predicted molar refractivity (Wildman–Crippen MR) is 118 cm³/mol. The van der Waals surface area contributed by atoms with Gasteiger partial charge in [0.2, 0.25) is 11.8 Å². The van der Waals surface area contributed by atoms with E-state index >= 15 is 0 Å². The zero-order chi connectivity index (χ0) is 21.3. The van der Waals surface area contributed by atoms with Gasteiger partial charge in [-0.15, -0.1) is 0 Å². The van der Waals surface area contributed by atoms with Crippen molar-refractivity contribution in [1.82, 2.24) is 10.2 Å². The van der Waals surface area contributed by atoms with E-state index in [0.29, 0.717) is 26.2 Å². The van der Waals surface area contributed by atoms with Gasteiger partial charge in [-0.25, -0.2) is 0 Å². The van der Waals surface area contributed by atoms with Gasteiger partial charge in [-0.2, -0.15) is 0 Å². The molecule has 3 rings (SSSR count). The lowest BCUT2D eigenvalue weighted by Crippen LogP contribution is -2.45. The molecule has 1 atom stereocenters. The SMILES string of the molecule is Cc1ccccc1N(CC(=O)NCCOc1ccccc1)CC(=O)N1CCC(N)C1. The fraction of sp³-hybridized carbons (Fsp3) is 0.391. The van der Waals surface area contributed by atoms with Crippen LogP contribution in [-0.2, 0) is 9.59 Å². The van der Waals surface area contributed by atoms with Crippen LogP contribution >= 0.6 is 0 Å². The van der Waals surface area contributed by atoms with Gasteiger partial charge in [-0.3, -0.25) is 9.59 Å². The molecule has 1 unspecified atom stereocenters. The second-order valence-corrected chi connectivity index (χ2v) is 7.54. The van der Waals surface area contributed by atoms with Crippen LogP contribution in [0.2, 0.25) is 0 Å². The van der Waals surface area contributed by atoms with Gasteiger partial charge in [-0.1, -0.05) is 36.4 Å². The van der Waals surface area contributed by atoms with Crippen LogP contribution in [-0.4, -0.2) is 62.1 Å². The molecule has 2 amide bonds. The number of aryl methyl sites for hydroxylation is 1. The summed E-state index contributed by atoms with van der Waals surface area (Å²) in [5.41, 5.74) is 7.83. The predicted octanol–water partition coefficient (Wildman–Crippen LogP) is 1.56. The molecule has 2 aromatic rings. The number of hydrogen-bond donors (Lipinski definition) is 2. The van der Waals surface area contributed by atoms with Crippen LogP contribution in [0.1, 0.15) is 12.0 Å². The molecule has 1 aliphatic heterocycles. The van der Waals surface area contributed by atoms with Crippen LogP contribution in [0.25, 0.3) is 0 Å². The summed E-state index contributed by atoms with van der Waals surface area (Å²) in [5, 5.41) is 2.87. The van der Waals surface area contributed by atoms with Crippen LogP contribution < -0.4 is 20.7 Å². The number of anilines is 1. The van der Waals surface area contributed by atoms with Crippen LogP contribution in [0.5, 0.6) is 5.75 Å². The second kappa shape index (κ2) is 10.6. The monoisotopic (exact) mass is 410 g/mol. The van der Waals surface area contributed by atoms with Crippen molar-refractivity contribution < 1.29 is 14.3 Å². The summed E-state index contributed by atoms with van der Waals surface area (Å²) in [4.78, 5) is 28.9. The van der Waals surface area contributed by atoms with Crippen molar-refractivity contribution in [1.29, 1.82) is 0 Å². The minimum absolute atomic E-state index is 0.00795. The minimum atomic E-state index is -0.152. The number of benzene rings is 2. The molecule has 0 aliphatic carbocycles. The number of carbonyl (C=O) groups is 2. The number of para-hydroxylation sites is 2. The summed E-state index contributed by atoms with van der Waals surface area (Å²) in [6.45, 7) is 4.24. The molecule has 0 saturated carbocycles. The van der Waals surface area contributed by atoms with E-state index < -0.39 is 0 Å². The Morgan fingerprint density at radius 2 is 1.87 bits per heavy atom. The van der Waals surface area contributed by atoms with Crippen LogP contribution in [0.3, 0.4) is 0 Å². The zero-order valence-electron chi connectivity index (χ0n) is 17.4. The van der Waals surface area contributed by atoms with E-state index in [9.17, 15) is 9.59 Å². The lowest BCUT2D eigenvalue weighted by molar-refractivity contribution is -0.128. The summed E-state index contributed by atoms with van der Waals surface area (Å²) in [6.07, 6.45) is 0.817. The number of rotatable bonds is 9. The molecule has 0 bridgehead atoms. The number of carbonyl (C=O) groups excluding carboxylic acids is 2. The number of hydrogen-bond acceptors (Lipinski definition) is 5. The van der Waals surface area contributed by atoms with E-state index in [0.717, 1.165) is 23.4 Å². The number of likely N-dealkylation sites (tertiary alicyclic amines) is 1. The first-order chi connectivity index (χ1) is 14.5. The molecule has 2 aromatic carbocycles. The first-order valence-electron chi connectivity index (χ1n) is 10.3. The molecule has 7 nitrogen and oxygen atoms in total. The number of nitrogens with one attached hydrogen (secondary N) is 1. The van der Waals surface area contributed by atoms with Crippen LogP contribution in [0.4, 0.5) is 5.69 Å². The van der Waals surface area contributed by atoms with Crippen LogP contribution in [0.15, 0.2) is 54.6 Å². The van der Waals surface area contributed by atoms with Crippen molar-refractivity contribution in [2.45, 2.75) is 19.4 Å². The van der Waals surface area contributed by atoms with Gasteiger partial charge in [0.25, 0.3) is 0 Å². The molecule has 3 N–H and O–H groups in total. The maximum atomic E-state index is 12.8. The molecular formula is C23H30N4O3. The lowest BCUT2D eigenvalue weighted by Gasteiger charge is -2.27. The lowest BCUT2D eigenvalue weighted by atomic mass is 10.1. The molecule has 7 heteroatoms. The second-order valence-electron chi connectivity index (χ2n) is 7.54. The fourth-order valence-electron chi connectivity index (χ4n) is 3.53. The Morgan fingerprint density at radius 3 is 2.57 bits per heavy atom. The molecular weight excluding hydrogens is 380 g/mol. The molecule has 0 aromatic heterocycles. The normalized spacial score (nSPS) is 15.7. The summed E-state index contributed by atoms with van der Waals surface area (Å²) in [5.74, 6) is 0.606. The largest absolute Gasteiger partial charge is 0.492 e. The van der Waals surface area contributed by atoms with Crippen molar-refractivity contribution in [2.75, 3.05) is 44.2 Å². The highest BCUT2D eigenvalue weighted by atomic mass is 16.5. The maximum Gasteiger partial charge on any atom is 0.242 e. The number of nitrogens with two attached hydrogens (primary N) is 1. The average molecular weight is 411 g/mol. The zero-order valence-corrected chi connectivity index (χ0v) is 17.4. The van der Waals surface area contributed by atoms with E-state index in [1.807, 2.05) is 66.4 Å². The number of nitrogens with zero attached hydrogens (tertiary/aromatic N) is 2. The van der Waals surface area contributed by atoms with Crippen molar-refractivity contribution in [3.8, 4) is 5.75 Å². The third-order valence-electron chi connectivity index (χ3n) is 5.13. The van der Waals surface area contributed by atoms with Gasteiger partial charge in [-0.05, 0) is 37.1 Å². The van der Waals surface area contributed by atoms with Gasteiger partial charge in [0, 0.05) is 24.8 Å². The Labute approximate surface area is 177 Å². The summed E-state index contributed by atoms with van der Waals surface area (Å²) in [6, 6.07) is 17.3. The first-order valence-corrected chi connectivity index (χ1v) is 10.3. The van der Waals surface area contributed by atoms with E-state index in [1.165, 1.54) is 0 Å². The highest BCUT2D eigenvalue weighted by Crippen LogP contribution is 2.20. The Morgan fingerprint density at radius 1 is 1.13 bits per heavy atom. The first kappa shape index (κ1) is 21.6. The highest BCUT2D eigenvalue weighted by Gasteiger charge is 2.26. The van der Waals surface area contributed by atoms with Gasteiger partial charge in [0.1, 0.15) is 12.4 Å². The Kier molecular flexibility index (Phi) is 7.68. The molecule has 0 radical (unpaired) electrons. The Balaban J connectivity index is 1.55. The average Bonchev–Trinajstić information content (AvgIpc) is 3.18. The quantitative estimate of drug-likeness (QED) is 0.613. The van der Waals surface area contributed by atoms with Gasteiger partial charge >= 0.3 is 0 Å². The minimum Gasteiger partial charge on any atom is -0.492 e. The van der Waals surface area contributed by atoms with Crippen molar-refractivity contribution in [2.24, 2.45) is 5.73 Å². The summed E-state index contributed by atoms with van der Waals surface area (Å²) in [7, 11) is 0. The summed E-state index contributed by atoms with van der Waals surface area (Å²) >= 11 is 0. The van der Waals surface area contributed by atoms with Crippen molar-refractivity contribution >= 4 is 17.5 Å². The van der Waals surface area contributed by atoms with Crippen LogP contribution in [0, 0.1) is 6.92 Å². The third-order valence-corrected chi connectivity index (χ3v) is 5.13. The van der Waals surface area contributed by atoms with E-state index in [1.54, 1.807) is 4.90 Å². The van der Waals surface area contributed by atoms with E-state index in [-0.39, 0.29) is 30.9 Å². The third kappa shape index (κ3) is 6.22. The van der Waals surface area contributed by atoms with Crippen molar-refractivity contribution in [3.05, 3.63) is 60.2 Å². The standard InChI is InChI=1S/C23H30N4O3/c1-18-7-5-6-10-21(18)27(17-23(29)26-13-11-19(24)15-26)16-22(28)25-12-14-30-20-8-3-2-4-9-20/h2-10,19H,11-17,24H2,1H3,(H,25,28). The topological polar surface area (TPSA) is 87.9 Å². The van der Waals surface area contributed by atoms with Gasteiger partial charge in [0.05, 0.1) is 19.6 Å². The molecule has 1 aliphatic rings. The molecule has 160 valence electrons. The molecule has 1 saturated heterocycles. The number of ether oxygens (including phenoxy) is 1. The molecule has 1 heterocycles.